The van der Waals surface area contributed by atoms with Gasteiger partial charge in [0.05, 0.1) is 23.5 Å². The molecule has 0 saturated heterocycles. The first-order valence-electron chi connectivity index (χ1n) is 6.71. The van der Waals surface area contributed by atoms with Crippen LogP contribution in [0.1, 0.15) is 21.6 Å². The number of allylic oxidation sites excluding steroid dienone is 1. The summed E-state index contributed by atoms with van der Waals surface area (Å²) in [5.74, 6) is -0.686. The molecule has 0 aliphatic carbocycles. The second-order valence-electron chi connectivity index (χ2n) is 4.98. The van der Waals surface area contributed by atoms with Crippen LogP contribution in [0.4, 0.5) is 0 Å². The Morgan fingerprint density at radius 2 is 2.08 bits per heavy atom. The van der Waals surface area contributed by atoms with Crippen LogP contribution >= 0.6 is 23.2 Å². The molecule has 2 aromatic rings. The third-order valence-corrected chi connectivity index (χ3v) is 4.02. The van der Waals surface area contributed by atoms with E-state index in [4.69, 9.17) is 27.4 Å². The normalized spacial score (nSPS) is 11.3. The first-order chi connectivity index (χ1) is 11.1. The molecule has 0 spiro atoms. The Bertz CT molecular complexity index is 920. The minimum atomic E-state index is -3.86. The van der Waals surface area contributed by atoms with Crippen LogP contribution < -0.4 is 4.18 Å². The maximum atomic E-state index is 12.8. The Morgan fingerprint density at radius 3 is 2.62 bits per heavy atom. The number of aryl methyl sites for hydroxylation is 1. The molecule has 128 valence electrons. The molecular formula is C15H14Cl2N2O4S. The molecule has 0 radical (unpaired) electrons. The van der Waals surface area contributed by atoms with E-state index in [2.05, 4.69) is 11.7 Å². The molecule has 0 atom stereocenters. The molecule has 0 fully saturated rings. The highest BCUT2D eigenvalue weighted by Gasteiger charge is 2.27. The van der Waals surface area contributed by atoms with Crippen molar-refractivity contribution in [3.63, 3.8) is 0 Å². The van der Waals surface area contributed by atoms with Crippen LogP contribution in [0.2, 0.25) is 10.0 Å². The largest absolute Gasteiger partial charge is 0.361 e. The first kappa shape index (κ1) is 18.5. The number of carbonyl (C=O) groups excluding carboxylic acids is 1. The molecule has 1 aromatic heterocycles. The summed E-state index contributed by atoms with van der Waals surface area (Å²) in [5, 5.41) is 4.67. The monoisotopic (exact) mass is 388 g/mol. The predicted molar refractivity (Wildman–Crippen MR) is 92.5 cm³/mol. The maximum absolute atomic E-state index is 12.8. The maximum Gasteiger partial charge on any atom is 0.307 e. The fraction of sp³-hybridized carbons (Fsp3) is 0.200. The van der Waals surface area contributed by atoms with Gasteiger partial charge in [-0.2, -0.15) is 13.5 Å². The van der Waals surface area contributed by atoms with Crippen molar-refractivity contribution in [3.8, 4) is 5.88 Å². The van der Waals surface area contributed by atoms with E-state index in [1.807, 2.05) is 0 Å². The molecular weight excluding hydrogens is 375 g/mol. The number of nitrogens with zero attached hydrogens (tertiary/aromatic N) is 2. The van der Waals surface area contributed by atoms with Gasteiger partial charge < -0.3 is 4.18 Å². The van der Waals surface area contributed by atoms with E-state index in [9.17, 15) is 13.2 Å². The fourth-order valence-corrected chi connectivity index (χ4v) is 3.05. The molecule has 9 heteroatoms. The number of halogens is 2. The average molecular weight is 389 g/mol. The first-order valence-corrected chi connectivity index (χ1v) is 9.28. The third kappa shape index (κ3) is 3.98. The van der Waals surface area contributed by atoms with Crippen LogP contribution in [0.15, 0.2) is 30.9 Å². The van der Waals surface area contributed by atoms with Crippen LogP contribution in [-0.4, -0.2) is 30.2 Å². The standard InChI is InChI=1S/C15H14Cl2N2O4S/c1-4-7-19-15(23-24(3,21)22)13(9(2)18-19)14(20)11-6-5-10(16)8-12(11)17/h4-6,8H,1,7H2,2-3H3. The zero-order valence-electron chi connectivity index (χ0n) is 12.9. The van der Waals surface area contributed by atoms with Gasteiger partial charge in [-0.3, -0.25) is 4.79 Å². The van der Waals surface area contributed by atoms with Crippen LogP contribution in [0.25, 0.3) is 0 Å². The lowest BCUT2D eigenvalue weighted by atomic mass is 10.0. The molecule has 6 nitrogen and oxygen atoms in total. The van der Waals surface area contributed by atoms with Crippen LogP contribution in [0.3, 0.4) is 0 Å². The second-order valence-corrected chi connectivity index (χ2v) is 7.40. The number of ketones is 1. The molecule has 2 rings (SSSR count). The quantitative estimate of drug-likeness (QED) is 0.431. The Hall–Kier alpha value is -1.83. The molecule has 24 heavy (non-hydrogen) atoms. The summed E-state index contributed by atoms with van der Waals surface area (Å²) in [6, 6.07) is 4.40. The molecule has 1 aromatic carbocycles. The zero-order chi connectivity index (χ0) is 18.1. The van der Waals surface area contributed by atoms with E-state index in [1.165, 1.54) is 29.0 Å². The van der Waals surface area contributed by atoms with Gasteiger partial charge in [0.1, 0.15) is 5.56 Å². The van der Waals surface area contributed by atoms with Crippen molar-refractivity contribution in [1.29, 1.82) is 0 Å². The number of carbonyl (C=O) groups is 1. The molecule has 0 aliphatic heterocycles. The topological polar surface area (TPSA) is 78.3 Å². The molecule has 0 aliphatic rings. The van der Waals surface area contributed by atoms with Crippen LogP contribution in [0.5, 0.6) is 5.88 Å². The van der Waals surface area contributed by atoms with Crippen molar-refractivity contribution >= 4 is 39.1 Å². The molecule has 0 amide bonds. The second kappa shape index (κ2) is 6.96. The highest BCUT2D eigenvalue weighted by molar-refractivity contribution is 7.86. The van der Waals surface area contributed by atoms with Gasteiger partial charge in [0, 0.05) is 10.6 Å². The number of rotatable bonds is 6. The van der Waals surface area contributed by atoms with Gasteiger partial charge in [-0.15, -0.1) is 6.58 Å². The molecule has 0 saturated carbocycles. The van der Waals surface area contributed by atoms with Crippen molar-refractivity contribution in [2.75, 3.05) is 6.26 Å². The lowest BCUT2D eigenvalue weighted by Gasteiger charge is -2.08. The van der Waals surface area contributed by atoms with Gasteiger partial charge in [-0.05, 0) is 25.1 Å². The van der Waals surface area contributed by atoms with E-state index in [-0.39, 0.29) is 28.6 Å². The highest BCUT2D eigenvalue weighted by atomic mass is 35.5. The van der Waals surface area contributed by atoms with Gasteiger partial charge >= 0.3 is 10.1 Å². The van der Waals surface area contributed by atoms with Gasteiger partial charge in [-0.25, -0.2) is 4.68 Å². The SMILES string of the molecule is C=CCn1nc(C)c(C(=O)c2ccc(Cl)cc2Cl)c1OS(C)(=O)=O. The summed E-state index contributed by atoms with van der Waals surface area (Å²) in [7, 11) is -3.86. The summed E-state index contributed by atoms with van der Waals surface area (Å²) in [4.78, 5) is 12.8. The van der Waals surface area contributed by atoms with Gasteiger partial charge in [0.15, 0.2) is 0 Å². The average Bonchev–Trinajstić information content (AvgIpc) is 2.72. The van der Waals surface area contributed by atoms with E-state index >= 15 is 0 Å². The van der Waals surface area contributed by atoms with Gasteiger partial charge in [0.25, 0.3) is 0 Å². The van der Waals surface area contributed by atoms with Crippen LogP contribution in [-0.2, 0) is 16.7 Å². The Kier molecular flexibility index (Phi) is 5.37. The summed E-state index contributed by atoms with van der Waals surface area (Å²) >= 11 is 11.9. The smallest absolute Gasteiger partial charge is 0.307 e. The third-order valence-electron chi connectivity index (χ3n) is 3.02. The summed E-state index contributed by atoms with van der Waals surface area (Å²) in [5.41, 5.74) is 0.499. The van der Waals surface area contributed by atoms with Gasteiger partial charge in [-0.1, -0.05) is 29.3 Å². The summed E-state index contributed by atoms with van der Waals surface area (Å²) in [6.45, 7) is 5.32. The molecule has 0 bridgehead atoms. The Morgan fingerprint density at radius 1 is 1.42 bits per heavy atom. The minimum absolute atomic E-state index is 0.0199. The van der Waals surface area contributed by atoms with Gasteiger partial charge in [0.2, 0.25) is 11.7 Å². The number of aromatic nitrogens is 2. The number of hydrogen-bond donors (Lipinski definition) is 0. The number of hydrogen-bond acceptors (Lipinski definition) is 5. The van der Waals surface area contributed by atoms with Crippen molar-refractivity contribution in [1.82, 2.24) is 9.78 Å². The van der Waals surface area contributed by atoms with Crippen molar-refractivity contribution in [2.24, 2.45) is 0 Å². The molecule has 0 N–H and O–H groups in total. The van der Waals surface area contributed by atoms with Crippen LogP contribution in [0, 0.1) is 6.92 Å². The van der Waals surface area contributed by atoms with Crippen molar-refractivity contribution < 1.29 is 17.4 Å². The zero-order valence-corrected chi connectivity index (χ0v) is 15.2. The Labute approximate surface area is 149 Å². The molecule has 0 unspecified atom stereocenters. The predicted octanol–water partition coefficient (Wildman–Crippen LogP) is 3.25. The Balaban J connectivity index is 2.63. The molecule has 1 heterocycles. The van der Waals surface area contributed by atoms with E-state index in [0.717, 1.165) is 6.26 Å². The fourth-order valence-electron chi connectivity index (χ4n) is 2.10. The summed E-state index contributed by atoms with van der Waals surface area (Å²) in [6.07, 6.45) is 2.39. The lowest BCUT2D eigenvalue weighted by molar-refractivity contribution is 0.103. The minimum Gasteiger partial charge on any atom is -0.361 e. The van der Waals surface area contributed by atoms with E-state index in [1.54, 1.807) is 6.92 Å². The number of benzene rings is 1. The highest BCUT2D eigenvalue weighted by Crippen LogP contribution is 2.30. The van der Waals surface area contributed by atoms with E-state index in [0.29, 0.717) is 10.7 Å². The summed E-state index contributed by atoms with van der Waals surface area (Å²) < 4.78 is 29.3. The lowest BCUT2D eigenvalue weighted by Crippen LogP contribution is -2.13. The van der Waals surface area contributed by atoms with Crippen molar-refractivity contribution in [3.05, 3.63) is 57.7 Å². The van der Waals surface area contributed by atoms with Crippen molar-refractivity contribution in [2.45, 2.75) is 13.5 Å². The van der Waals surface area contributed by atoms with E-state index < -0.39 is 15.9 Å².